The Hall–Kier alpha value is -1.59. The van der Waals surface area contributed by atoms with Gasteiger partial charge in [0.05, 0.1) is 13.2 Å². The van der Waals surface area contributed by atoms with E-state index < -0.39 is 6.10 Å². The molecule has 1 aromatic rings. The molecule has 0 bridgehead atoms. The van der Waals surface area contributed by atoms with Crippen molar-refractivity contribution in [1.82, 2.24) is 5.32 Å². The first-order chi connectivity index (χ1) is 8.62. The minimum atomic E-state index is -0.613. The molecule has 1 aromatic carbocycles. The third kappa shape index (κ3) is 3.72. The van der Waals surface area contributed by atoms with Crippen molar-refractivity contribution in [3.63, 3.8) is 0 Å². The third-order valence-corrected chi connectivity index (χ3v) is 2.74. The molecule has 100 valence electrons. The Kier molecular flexibility index (Phi) is 5.61. The van der Waals surface area contributed by atoms with Gasteiger partial charge in [-0.3, -0.25) is 4.79 Å². The first kappa shape index (κ1) is 14.5. The lowest BCUT2D eigenvalue weighted by Gasteiger charge is -2.18. The van der Waals surface area contributed by atoms with E-state index in [1.807, 2.05) is 31.2 Å². The van der Waals surface area contributed by atoms with Crippen LogP contribution in [0.2, 0.25) is 0 Å². The highest BCUT2D eigenvalue weighted by atomic mass is 16.5. The lowest BCUT2D eigenvalue weighted by atomic mass is 10.1. The van der Waals surface area contributed by atoms with Gasteiger partial charge in [-0.05, 0) is 24.6 Å². The van der Waals surface area contributed by atoms with Crippen LogP contribution in [0.25, 0.3) is 0 Å². The van der Waals surface area contributed by atoms with Crippen LogP contribution in [-0.4, -0.2) is 32.8 Å². The Balaban J connectivity index is 2.69. The minimum absolute atomic E-state index is 0.128. The lowest BCUT2D eigenvalue weighted by Crippen LogP contribution is -2.41. The normalized spacial score (nSPS) is 13.8. The molecular weight excluding hydrogens is 232 g/mol. The van der Waals surface area contributed by atoms with Crippen molar-refractivity contribution in [2.24, 2.45) is 5.73 Å². The second-order valence-corrected chi connectivity index (χ2v) is 3.97. The maximum Gasteiger partial charge on any atom is 0.250 e. The number of amides is 1. The molecule has 18 heavy (non-hydrogen) atoms. The molecule has 1 rings (SSSR count). The summed E-state index contributed by atoms with van der Waals surface area (Å²) in [5.41, 5.74) is 6.41. The number of nitrogens with one attached hydrogen (secondary N) is 1. The molecule has 1 amide bonds. The molecule has 5 heteroatoms. The van der Waals surface area contributed by atoms with Gasteiger partial charge in [-0.1, -0.05) is 12.1 Å². The number of hydrogen-bond donors (Lipinski definition) is 2. The number of ether oxygens (including phenoxy) is 2. The van der Waals surface area contributed by atoms with E-state index in [0.717, 1.165) is 11.3 Å². The van der Waals surface area contributed by atoms with Crippen LogP contribution in [0.3, 0.4) is 0 Å². The van der Waals surface area contributed by atoms with Gasteiger partial charge in [-0.15, -0.1) is 0 Å². The van der Waals surface area contributed by atoms with E-state index in [9.17, 15) is 4.79 Å². The molecule has 0 fully saturated rings. The molecule has 0 aliphatic carbocycles. The standard InChI is InChI=1S/C13H20N2O3/c1-9(15-13(16)12(8-14)18-3)10-5-4-6-11(7-10)17-2/h4-7,9,12H,8,14H2,1-3H3,(H,15,16)/t9-,12?/m0/s1. The number of carbonyl (C=O) groups is 1. The quantitative estimate of drug-likeness (QED) is 0.787. The largest absolute Gasteiger partial charge is 0.497 e. The van der Waals surface area contributed by atoms with Gasteiger partial charge in [-0.2, -0.15) is 0 Å². The molecule has 0 heterocycles. The lowest BCUT2D eigenvalue weighted by molar-refractivity contribution is -0.131. The molecular formula is C13H20N2O3. The maximum atomic E-state index is 11.8. The van der Waals surface area contributed by atoms with E-state index in [1.54, 1.807) is 7.11 Å². The Labute approximate surface area is 107 Å². The summed E-state index contributed by atoms with van der Waals surface area (Å²) in [4.78, 5) is 11.8. The van der Waals surface area contributed by atoms with Crippen molar-refractivity contribution in [1.29, 1.82) is 0 Å². The summed E-state index contributed by atoms with van der Waals surface area (Å²) in [6, 6.07) is 7.42. The minimum Gasteiger partial charge on any atom is -0.497 e. The van der Waals surface area contributed by atoms with E-state index in [2.05, 4.69) is 5.32 Å². The first-order valence-corrected chi connectivity index (χ1v) is 5.79. The van der Waals surface area contributed by atoms with Gasteiger partial charge in [0, 0.05) is 13.7 Å². The summed E-state index contributed by atoms with van der Waals surface area (Å²) in [5, 5.41) is 2.85. The molecule has 0 spiro atoms. The van der Waals surface area contributed by atoms with Crippen molar-refractivity contribution < 1.29 is 14.3 Å². The SMILES string of the molecule is COc1cccc([C@H](C)NC(=O)C(CN)OC)c1. The topological polar surface area (TPSA) is 73.6 Å². The van der Waals surface area contributed by atoms with Gasteiger partial charge < -0.3 is 20.5 Å². The van der Waals surface area contributed by atoms with Crippen molar-refractivity contribution in [2.45, 2.75) is 19.1 Å². The van der Waals surface area contributed by atoms with Crippen LogP contribution in [0.4, 0.5) is 0 Å². The summed E-state index contributed by atoms with van der Waals surface area (Å²) in [5.74, 6) is 0.547. The monoisotopic (exact) mass is 252 g/mol. The van der Waals surface area contributed by atoms with Gasteiger partial charge in [0.25, 0.3) is 5.91 Å². The van der Waals surface area contributed by atoms with Crippen molar-refractivity contribution in [2.75, 3.05) is 20.8 Å². The zero-order chi connectivity index (χ0) is 13.5. The van der Waals surface area contributed by atoms with E-state index in [-0.39, 0.29) is 18.5 Å². The molecule has 2 atom stereocenters. The number of nitrogens with two attached hydrogens (primary N) is 1. The van der Waals surface area contributed by atoms with Crippen LogP contribution in [0, 0.1) is 0 Å². The van der Waals surface area contributed by atoms with Crippen LogP contribution in [-0.2, 0) is 9.53 Å². The average molecular weight is 252 g/mol. The van der Waals surface area contributed by atoms with Crippen molar-refractivity contribution in [3.05, 3.63) is 29.8 Å². The number of hydrogen-bond acceptors (Lipinski definition) is 4. The highest BCUT2D eigenvalue weighted by Crippen LogP contribution is 2.18. The Bertz CT molecular complexity index is 392. The zero-order valence-electron chi connectivity index (χ0n) is 11.0. The molecule has 5 nitrogen and oxygen atoms in total. The fraction of sp³-hybridized carbons (Fsp3) is 0.462. The molecule has 0 aliphatic rings. The van der Waals surface area contributed by atoms with E-state index in [1.165, 1.54) is 7.11 Å². The van der Waals surface area contributed by atoms with E-state index >= 15 is 0 Å². The summed E-state index contributed by atoms with van der Waals surface area (Å²) < 4.78 is 10.1. The molecule has 3 N–H and O–H groups in total. The summed E-state index contributed by atoms with van der Waals surface area (Å²) >= 11 is 0. The van der Waals surface area contributed by atoms with Gasteiger partial charge in [-0.25, -0.2) is 0 Å². The predicted octanol–water partition coefficient (Wildman–Crippen LogP) is 0.846. The molecule has 0 aliphatic heterocycles. The van der Waals surface area contributed by atoms with Crippen LogP contribution in [0.15, 0.2) is 24.3 Å². The second kappa shape index (κ2) is 6.98. The Morgan fingerprint density at radius 2 is 2.17 bits per heavy atom. The van der Waals surface area contributed by atoms with Gasteiger partial charge in [0.1, 0.15) is 11.9 Å². The maximum absolute atomic E-state index is 11.8. The van der Waals surface area contributed by atoms with Gasteiger partial charge in [0.2, 0.25) is 0 Å². The molecule has 0 saturated heterocycles. The fourth-order valence-electron chi connectivity index (χ4n) is 1.61. The van der Waals surface area contributed by atoms with Crippen LogP contribution >= 0.6 is 0 Å². The number of carbonyl (C=O) groups excluding carboxylic acids is 1. The predicted molar refractivity (Wildman–Crippen MR) is 69.4 cm³/mol. The van der Waals surface area contributed by atoms with Crippen LogP contribution < -0.4 is 15.8 Å². The smallest absolute Gasteiger partial charge is 0.250 e. The van der Waals surface area contributed by atoms with Gasteiger partial charge >= 0.3 is 0 Å². The molecule has 0 saturated carbocycles. The Morgan fingerprint density at radius 1 is 1.44 bits per heavy atom. The average Bonchev–Trinajstić information content (AvgIpc) is 2.40. The van der Waals surface area contributed by atoms with Crippen molar-refractivity contribution in [3.8, 4) is 5.75 Å². The fourth-order valence-corrected chi connectivity index (χ4v) is 1.61. The van der Waals surface area contributed by atoms with Gasteiger partial charge in [0.15, 0.2) is 0 Å². The highest BCUT2D eigenvalue weighted by molar-refractivity contribution is 5.81. The number of rotatable bonds is 6. The van der Waals surface area contributed by atoms with Crippen molar-refractivity contribution >= 4 is 5.91 Å². The molecule has 1 unspecified atom stereocenters. The summed E-state index contributed by atoms with van der Waals surface area (Å²) in [7, 11) is 3.07. The highest BCUT2D eigenvalue weighted by Gasteiger charge is 2.18. The third-order valence-electron chi connectivity index (χ3n) is 2.74. The molecule has 0 radical (unpaired) electrons. The van der Waals surface area contributed by atoms with E-state index in [0.29, 0.717) is 0 Å². The zero-order valence-corrected chi connectivity index (χ0v) is 11.0. The van der Waals surface area contributed by atoms with E-state index in [4.69, 9.17) is 15.2 Å². The second-order valence-electron chi connectivity index (χ2n) is 3.97. The summed E-state index contributed by atoms with van der Waals surface area (Å²) in [6.07, 6.45) is -0.613. The first-order valence-electron chi connectivity index (χ1n) is 5.79. The Morgan fingerprint density at radius 3 is 2.72 bits per heavy atom. The van der Waals surface area contributed by atoms with Crippen LogP contribution in [0.1, 0.15) is 18.5 Å². The summed E-state index contributed by atoms with van der Waals surface area (Å²) in [6.45, 7) is 2.06. The molecule has 0 aromatic heterocycles. The number of methoxy groups -OCH3 is 2. The van der Waals surface area contributed by atoms with Crippen LogP contribution in [0.5, 0.6) is 5.75 Å². The number of benzene rings is 1.